The maximum atomic E-state index is 13.2. The van der Waals surface area contributed by atoms with E-state index in [-0.39, 0.29) is 11.8 Å². The van der Waals surface area contributed by atoms with Crippen LogP contribution in [0.5, 0.6) is 0 Å². The normalized spacial score (nSPS) is 39.3. The van der Waals surface area contributed by atoms with Crippen molar-refractivity contribution in [1.29, 1.82) is 0 Å². The van der Waals surface area contributed by atoms with Crippen LogP contribution in [0.15, 0.2) is 11.6 Å². The Labute approximate surface area is 132 Å². The van der Waals surface area contributed by atoms with Crippen molar-refractivity contribution >= 4 is 16.1 Å². The topological polar surface area (TPSA) is 101 Å². The predicted octanol–water partition coefficient (Wildman–Crippen LogP) is 1.51. The van der Waals surface area contributed by atoms with Crippen LogP contribution < -0.4 is 0 Å². The van der Waals surface area contributed by atoms with E-state index in [0.29, 0.717) is 19.3 Å². The van der Waals surface area contributed by atoms with E-state index < -0.39 is 39.0 Å². The largest absolute Gasteiger partial charge is 0.465 e. The second-order valence-electron chi connectivity index (χ2n) is 7.28. The molecule has 0 heterocycles. The van der Waals surface area contributed by atoms with Gasteiger partial charge < -0.3 is 9.84 Å². The van der Waals surface area contributed by atoms with Crippen LogP contribution in [-0.2, 0) is 19.6 Å². The summed E-state index contributed by atoms with van der Waals surface area (Å²) >= 11 is 0. The zero-order chi connectivity index (χ0) is 17.3. The standard InChI is InChI=1S/C14H18F2O6S/c1-12(7-22-11(17)14(15,16)23(19,20)21)3-8-2-10-9(5-12)6-13(10,18)4-8/h5,8,10,18H,2-4,6-7H2,1H3,(H,19,20,21). The Morgan fingerprint density at radius 1 is 1.48 bits per heavy atom. The van der Waals surface area contributed by atoms with Crippen LogP contribution in [0.4, 0.5) is 8.78 Å². The molecule has 0 aromatic rings. The van der Waals surface area contributed by atoms with E-state index in [2.05, 4.69) is 4.74 Å². The number of fused-ring (bicyclic) bond motifs is 1. The van der Waals surface area contributed by atoms with E-state index >= 15 is 0 Å². The van der Waals surface area contributed by atoms with Gasteiger partial charge in [0.15, 0.2) is 0 Å². The van der Waals surface area contributed by atoms with Crippen molar-refractivity contribution in [2.24, 2.45) is 17.3 Å². The van der Waals surface area contributed by atoms with Gasteiger partial charge in [-0.15, -0.1) is 0 Å². The van der Waals surface area contributed by atoms with Gasteiger partial charge in [-0.2, -0.15) is 17.2 Å². The van der Waals surface area contributed by atoms with Crippen molar-refractivity contribution in [3.05, 3.63) is 11.6 Å². The molecule has 4 atom stereocenters. The molecule has 130 valence electrons. The Morgan fingerprint density at radius 3 is 2.74 bits per heavy atom. The van der Waals surface area contributed by atoms with E-state index in [1.54, 1.807) is 6.92 Å². The van der Waals surface area contributed by atoms with Crippen molar-refractivity contribution in [1.82, 2.24) is 0 Å². The van der Waals surface area contributed by atoms with Crippen molar-refractivity contribution < 1.29 is 36.4 Å². The Morgan fingerprint density at radius 2 is 2.13 bits per heavy atom. The number of carbonyl (C=O) groups excluding carboxylic acids is 1. The molecule has 0 amide bonds. The number of carbonyl (C=O) groups is 1. The van der Waals surface area contributed by atoms with Crippen molar-refractivity contribution in [3.8, 4) is 0 Å². The minimum absolute atomic E-state index is 0.0873. The maximum Gasteiger partial charge on any atom is 0.465 e. The summed E-state index contributed by atoms with van der Waals surface area (Å²) in [5, 5.41) is 5.35. The van der Waals surface area contributed by atoms with E-state index in [9.17, 15) is 27.1 Å². The lowest BCUT2D eigenvalue weighted by molar-refractivity contribution is -0.164. The number of ether oxygens (including phenoxy) is 1. The zero-order valence-electron chi connectivity index (χ0n) is 12.5. The van der Waals surface area contributed by atoms with Crippen LogP contribution in [-0.4, -0.2) is 41.5 Å². The van der Waals surface area contributed by atoms with E-state index in [1.807, 2.05) is 6.08 Å². The Balaban J connectivity index is 1.72. The summed E-state index contributed by atoms with van der Waals surface area (Å²) in [5.41, 5.74) is -0.305. The van der Waals surface area contributed by atoms with Gasteiger partial charge in [0, 0.05) is 11.3 Å². The van der Waals surface area contributed by atoms with Gasteiger partial charge in [-0.05, 0) is 31.6 Å². The van der Waals surface area contributed by atoms with Gasteiger partial charge in [-0.1, -0.05) is 18.6 Å². The summed E-state index contributed by atoms with van der Waals surface area (Å²) in [6, 6.07) is 0. The van der Waals surface area contributed by atoms with Crippen LogP contribution in [0, 0.1) is 17.3 Å². The second kappa shape index (κ2) is 4.73. The number of hydrogen-bond donors (Lipinski definition) is 2. The van der Waals surface area contributed by atoms with Gasteiger partial charge in [0.1, 0.15) is 6.61 Å². The van der Waals surface area contributed by atoms with Gasteiger partial charge in [0.05, 0.1) is 5.60 Å². The molecule has 0 aromatic heterocycles. The number of halogens is 2. The Kier molecular flexibility index (Phi) is 3.45. The molecule has 3 aliphatic carbocycles. The molecule has 6 nitrogen and oxygen atoms in total. The average Bonchev–Trinajstić information content (AvgIpc) is 2.55. The second-order valence-corrected chi connectivity index (χ2v) is 8.75. The highest BCUT2D eigenvalue weighted by Gasteiger charge is 2.59. The molecule has 0 aromatic carbocycles. The Bertz CT molecular complexity index is 687. The molecular formula is C14H18F2O6S. The quantitative estimate of drug-likeness (QED) is 0.452. The average molecular weight is 352 g/mol. The number of hydrogen-bond acceptors (Lipinski definition) is 5. The predicted molar refractivity (Wildman–Crippen MR) is 74.0 cm³/mol. The van der Waals surface area contributed by atoms with Crippen LogP contribution in [0.25, 0.3) is 0 Å². The highest BCUT2D eigenvalue weighted by Crippen LogP contribution is 2.61. The molecule has 0 radical (unpaired) electrons. The molecule has 0 aliphatic heterocycles. The van der Waals surface area contributed by atoms with Crippen LogP contribution in [0.2, 0.25) is 0 Å². The molecule has 2 fully saturated rings. The molecule has 23 heavy (non-hydrogen) atoms. The van der Waals surface area contributed by atoms with Crippen molar-refractivity contribution in [2.45, 2.75) is 43.5 Å². The van der Waals surface area contributed by atoms with Crippen LogP contribution in [0.3, 0.4) is 0 Å². The minimum Gasteiger partial charge on any atom is -0.459 e. The first-order valence-electron chi connectivity index (χ1n) is 7.32. The minimum atomic E-state index is -5.86. The summed E-state index contributed by atoms with van der Waals surface area (Å²) in [7, 11) is -5.86. The van der Waals surface area contributed by atoms with E-state index in [0.717, 1.165) is 12.0 Å². The number of rotatable bonds is 4. The molecule has 2 bridgehead atoms. The van der Waals surface area contributed by atoms with Gasteiger partial charge in [0.2, 0.25) is 0 Å². The first kappa shape index (κ1) is 16.8. The molecule has 0 spiro atoms. The highest BCUT2D eigenvalue weighted by atomic mass is 32.2. The lowest BCUT2D eigenvalue weighted by atomic mass is 9.64. The fourth-order valence-corrected chi connectivity index (χ4v) is 4.58. The van der Waals surface area contributed by atoms with Gasteiger partial charge in [-0.25, -0.2) is 4.79 Å². The summed E-state index contributed by atoms with van der Waals surface area (Å²) in [6.07, 6.45) is 4.41. The van der Waals surface area contributed by atoms with Crippen LogP contribution in [0.1, 0.15) is 32.6 Å². The van der Waals surface area contributed by atoms with Crippen LogP contribution >= 0.6 is 0 Å². The molecule has 3 aliphatic rings. The first-order valence-corrected chi connectivity index (χ1v) is 8.76. The smallest absolute Gasteiger partial charge is 0.459 e. The number of aliphatic hydroxyl groups is 1. The molecular weight excluding hydrogens is 334 g/mol. The van der Waals surface area contributed by atoms with Crippen molar-refractivity contribution in [2.75, 3.05) is 6.61 Å². The fraction of sp³-hybridized carbons (Fsp3) is 0.786. The molecule has 0 saturated heterocycles. The molecule has 2 N–H and O–H groups in total. The van der Waals surface area contributed by atoms with E-state index in [1.165, 1.54) is 0 Å². The summed E-state index contributed by atoms with van der Waals surface area (Å²) in [4.78, 5) is 11.3. The molecule has 2 saturated carbocycles. The number of esters is 1. The summed E-state index contributed by atoms with van der Waals surface area (Å²) < 4.78 is 60.4. The fourth-order valence-electron chi connectivity index (χ4n) is 4.31. The number of alkyl halides is 2. The first-order chi connectivity index (χ1) is 10.4. The lowest BCUT2D eigenvalue weighted by Crippen LogP contribution is -2.46. The third kappa shape index (κ3) is 2.58. The van der Waals surface area contributed by atoms with E-state index in [4.69, 9.17) is 4.55 Å². The highest BCUT2D eigenvalue weighted by molar-refractivity contribution is 7.87. The third-order valence-corrected chi connectivity index (χ3v) is 6.02. The molecule has 3 rings (SSSR count). The summed E-state index contributed by atoms with van der Waals surface area (Å²) in [5.74, 6) is -1.99. The monoisotopic (exact) mass is 352 g/mol. The molecule has 9 heteroatoms. The molecule has 4 unspecified atom stereocenters. The summed E-state index contributed by atoms with van der Waals surface area (Å²) in [6.45, 7) is 1.35. The maximum absolute atomic E-state index is 13.2. The lowest BCUT2D eigenvalue weighted by Gasteiger charge is -2.45. The van der Waals surface area contributed by atoms with Gasteiger partial charge in [0.25, 0.3) is 0 Å². The van der Waals surface area contributed by atoms with Gasteiger partial charge >= 0.3 is 21.3 Å². The third-order valence-electron chi connectivity index (χ3n) is 5.20. The van der Waals surface area contributed by atoms with Crippen molar-refractivity contribution in [3.63, 3.8) is 0 Å². The zero-order valence-corrected chi connectivity index (χ0v) is 13.3. The van der Waals surface area contributed by atoms with Gasteiger partial charge in [-0.3, -0.25) is 4.55 Å². The Hall–Kier alpha value is -1.06. The SMILES string of the molecule is CC1(COC(=O)C(F)(F)S(=O)(=O)O)C=C2CC3(O)CC(CC23)C1.